The van der Waals surface area contributed by atoms with Gasteiger partial charge in [-0.3, -0.25) is 9.69 Å². The molecule has 0 radical (unpaired) electrons. The third-order valence-corrected chi connectivity index (χ3v) is 6.82. The number of carbonyl (C=O) groups excluding carboxylic acids is 2. The Morgan fingerprint density at radius 3 is 2.43 bits per heavy atom. The van der Waals surface area contributed by atoms with Gasteiger partial charge in [0.25, 0.3) is 5.91 Å². The van der Waals surface area contributed by atoms with Crippen molar-refractivity contribution in [2.45, 2.75) is 33.0 Å². The minimum absolute atomic E-state index is 0.0845. The predicted octanol–water partition coefficient (Wildman–Crippen LogP) is 4.68. The van der Waals surface area contributed by atoms with Crippen molar-refractivity contribution in [3.05, 3.63) is 82.1 Å². The Kier molecular flexibility index (Phi) is 8.09. The number of piperazine rings is 1. The third-order valence-electron chi connectivity index (χ3n) is 5.98. The van der Waals surface area contributed by atoms with E-state index in [1.807, 2.05) is 36.9 Å². The van der Waals surface area contributed by atoms with E-state index >= 15 is 0 Å². The second-order valence-electron chi connectivity index (χ2n) is 8.81. The molecule has 1 N–H and O–H groups in total. The molecule has 184 valence electrons. The first-order chi connectivity index (χ1) is 16.9. The number of amides is 3. The highest BCUT2D eigenvalue weighted by Gasteiger charge is 2.25. The van der Waals surface area contributed by atoms with Gasteiger partial charge in [-0.2, -0.15) is 0 Å². The maximum absolute atomic E-state index is 14.0. The fourth-order valence-electron chi connectivity index (χ4n) is 3.98. The molecule has 0 saturated carbocycles. The minimum Gasteiger partial charge on any atom is -0.335 e. The normalized spacial score (nSPS) is 14.2. The zero-order valence-corrected chi connectivity index (χ0v) is 20.8. The number of benzene rings is 2. The smallest absolute Gasteiger partial charge is 0.322 e. The van der Waals surface area contributed by atoms with Gasteiger partial charge in [-0.15, -0.1) is 11.3 Å². The summed E-state index contributed by atoms with van der Waals surface area (Å²) in [6, 6.07) is 15.8. The van der Waals surface area contributed by atoms with Crippen molar-refractivity contribution in [1.82, 2.24) is 19.7 Å². The van der Waals surface area contributed by atoms with Gasteiger partial charge in [-0.05, 0) is 31.5 Å². The second-order valence-corrected chi connectivity index (χ2v) is 9.75. The number of thiazole rings is 1. The molecular formula is C26H30FN5O2S. The van der Waals surface area contributed by atoms with Crippen molar-refractivity contribution in [2.24, 2.45) is 0 Å². The van der Waals surface area contributed by atoms with Crippen LogP contribution in [0, 0.1) is 5.82 Å². The van der Waals surface area contributed by atoms with Crippen LogP contribution in [0.2, 0.25) is 0 Å². The largest absolute Gasteiger partial charge is 0.335 e. The van der Waals surface area contributed by atoms with Crippen LogP contribution in [0.5, 0.6) is 0 Å². The van der Waals surface area contributed by atoms with Gasteiger partial charge in [0.1, 0.15) is 16.5 Å². The number of nitrogens with zero attached hydrogens (tertiary/aromatic N) is 4. The monoisotopic (exact) mass is 495 g/mol. The molecule has 0 atom stereocenters. The Labute approximate surface area is 209 Å². The van der Waals surface area contributed by atoms with E-state index in [2.05, 4.69) is 27.3 Å². The first kappa shape index (κ1) is 24.8. The average Bonchev–Trinajstić information content (AvgIpc) is 3.33. The minimum atomic E-state index is -0.490. The van der Waals surface area contributed by atoms with E-state index in [0.29, 0.717) is 23.8 Å². The number of nitrogens with one attached hydrogen (secondary N) is 1. The molecule has 1 saturated heterocycles. The molecule has 0 unspecified atom stereocenters. The van der Waals surface area contributed by atoms with Crippen molar-refractivity contribution in [3.63, 3.8) is 0 Å². The van der Waals surface area contributed by atoms with Crippen LogP contribution in [0.25, 0.3) is 0 Å². The lowest BCUT2D eigenvalue weighted by Crippen LogP contribution is -2.48. The first-order valence-electron chi connectivity index (χ1n) is 11.7. The van der Waals surface area contributed by atoms with Crippen molar-refractivity contribution >= 4 is 29.0 Å². The van der Waals surface area contributed by atoms with Crippen molar-refractivity contribution in [2.75, 3.05) is 31.5 Å². The van der Waals surface area contributed by atoms with Crippen molar-refractivity contribution in [1.29, 1.82) is 0 Å². The number of halogens is 1. The summed E-state index contributed by atoms with van der Waals surface area (Å²) in [6.45, 7) is 7.82. The fourth-order valence-corrected chi connectivity index (χ4v) is 4.74. The molecular weight excluding hydrogens is 465 g/mol. The lowest BCUT2D eigenvalue weighted by Gasteiger charge is -2.34. The SMILES string of the molecule is CC(C)N(Cc1nc(C(=O)N2CCN(Cc3ccccc3)CC2)cs1)C(=O)Nc1ccccc1F. The van der Waals surface area contributed by atoms with E-state index in [9.17, 15) is 14.0 Å². The van der Waals surface area contributed by atoms with Crippen LogP contribution in [0.15, 0.2) is 60.0 Å². The molecule has 1 aliphatic heterocycles. The Morgan fingerprint density at radius 1 is 1.06 bits per heavy atom. The number of anilines is 1. The molecule has 0 spiro atoms. The van der Waals surface area contributed by atoms with E-state index in [1.54, 1.807) is 22.4 Å². The lowest BCUT2D eigenvalue weighted by molar-refractivity contribution is 0.0623. The molecule has 3 amide bonds. The number of rotatable bonds is 7. The summed E-state index contributed by atoms with van der Waals surface area (Å²) in [5.74, 6) is -0.575. The highest BCUT2D eigenvalue weighted by molar-refractivity contribution is 7.09. The molecule has 4 rings (SSSR count). The Balaban J connectivity index is 1.33. The standard InChI is InChI=1S/C26H30FN5O2S/c1-19(2)32(26(34)29-22-11-7-6-10-21(22)27)17-24-28-23(18-35-24)25(33)31-14-12-30(13-15-31)16-20-8-4-3-5-9-20/h3-11,18-19H,12-17H2,1-2H3,(H,29,34). The molecule has 2 heterocycles. The summed E-state index contributed by atoms with van der Waals surface area (Å²) in [4.78, 5) is 36.1. The highest BCUT2D eigenvalue weighted by atomic mass is 32.1. The van der Waals surface area contributed by atoms with E-state index < -0.39 is 11.8 Å². The molecule has 1 fully saturated rings. The van der Waals surface area contributed by atoms with E-state index in [0.717, 1.165) is 19.6 Å². The van der Waals surface area contributed by atoms with Gasteiger partial charge in [0.05, 0.1) is 12.2 Å². The van der Waals surface area contributed by atoms with Gasteiger partial charge in [0.15, 0.2) is 0 Å². The summed E-state index contributed by atoms with van der Waals surface area (Å²) < 4.78 is 14.0. The van der Waals surface area contributed by atoms with Gasteiger partial charge < -0.3 is 15.1 Å². The second kappa shape index (κ2) is 11.4. The molecule has 1 aromatic heterocycles. The van der Waals surface area contributed by atoms with Gasteiger partial charge in [0, 0.05) is 44.1 Å². The van der Waals surface area contributed by atoms with Crippen LogP contribution in [-0.4, -0.2) is 63.8 Å². The molecule has 3 aromatic rings. The number of hydrogen-bond acceptors (Lipinski definition) is 5. The van der Waals surface area contributed by atoms with Gasteiger partial charge in [-0.25, -0.2) is 14.2 Å². The first-order valence-corrected chi connectivity index (χ1v) is 12.6. The molecule has 2 aromatic carbocycles. The Bertz CT molecular complexity index is 1150. The van der Waals surface area contributed by atoms with Crippen LogP contribution in [0.1, 0.15) is 34.9 Å². The van der Waals surface area contributed by atoms with Crippen LogP contribution in [0.4, 0.5) is 14.9 Å². The maximum atomic E-state index is 14.0. The molecule has 9 heteroatoms. The summed E-state index contributed by atoms with van der Waals surface area (Å²) in [6.07, 6.45) is 0. The molecule has 0 bridgehead atoms. The van der Waals surface area contributed by atoms with Crippen molar-refractivity contribution in [3.8, 4) is 0 Å². The van der Waals surface area contributed by atoms with Crippen LogP contribution >= 0.6 is 11.3 Å². The predicted molar refractivity (Wildman–Crippen MR) is 136 cm³/mol. The van der Waals surface area contributed by atoms with Crippen LogP contribution in [0.3, 0.4) is 0 Å². The maximum Gasteiger partial charge on any atom is 0.322 e. The number of aromatic nitrogens is 1. The lowest BCUT2D eigenvalue weighted by atomic mass is 10.2. The zero-order chi connectivity index (χ0) is 24.8. The topological polar surface area (TPSA) is 68.8 Å². The number of urea groups is 1. The molecule has 1 aliphatic rings. The number of carbonyl (C=O) groups is 2. The van der Waals surface area contributed by atoms with Crippen molar-refractivity contribution < 1.29 is 14.0 Å². The average molecular weight is 496 g/mol. The summed E-state index contributed by atoms with van der Waals surface area (Å²) in [7, 11) is 0. The number of para-hydroxylation sites is 1. The zero-order valence-electron chi connectivity index (χ0n) is 20.0. The summed E-state index contributed by atoms with van der Waals surface area (Å²) in [5.41, 5.74) is 1.80. The summed E-state index contributed by atoms with van der Waals surface area (Å²) in [5, 5.41) is 5.04. The van der Waals surface area contributed by atoms with E-state index in [1.165, 1.54) is 29.0 Å². The quantitative estimate of drug-likeness (QED) is 0.517. The Hall–Kier alpha value is -3.30. The Morgan fingerprint density at radius 2 is 1.74 bits per heavy atom. The van der Waals surface area contributed by atoms with Crippen LogP contribution in [-0.2, 0) is 13.1 Å². The van der Waals surface area contributed by atoms with Gasteiger partial charge in [-0.1, -0.05) is 42.5 Å². The summed E-state index contributed by atoms with van der Waals surface area (Å²) >= 11 is 1.35. The highest BCUT2D eigenvalue weighted by Crippen LogP contribution is 2.19. The number of hydrogen-bond donors (Lipinski definition) is 1. The van der Waals surface area contributed by atoms with E-state index in [-0.39, 0.29) is 24.2 Å². The fraction of sp³-hybridized carbons (Fsp3) is 0.346. The van der Waals surface area contributed by atoms with Gasteiger partial charge in [0.2, 0.25) is 0 Å². The van der Waals surface area contributed by atoms with Gasteiger partial charge >= 0.3 is 6.03 Å². The molecule has 35 heavy (non-hydrogen) atoms. The van der Waals surface area contributed by atoms with E-state index in [4.69, 9.17) is 0 Å². The molecule has 0 aliphatic carbocycles. The molecule has 7 nitrogen and oxygen atoms in total. The third kappa shape index (κ3) is 6.43. The van der Waals surface area contributed by atoms with Crippen LogP contribution < -0.4 is 5.32 Å².